The van der Waals surface area contributed by atoms with Crippen molar-refractivity contribution in [1.29, 1.82) is 0 Å². The Bertz CT molecular complexity index is 976. The molecule has 2 aliphatic rings. The summed E-state index contributed by atoms with van der Waals surface area (Å²) < 4.78 is 10.6. The van der Waals surface area contributed by atoms with Crippen LogP contribution in [0, 0.1) is 6.92 Å². The van der Waals surface area contributed by atoms with Gasteiger partial charge in [0.2, 0.25) is 5.91 Å². The number of carbonyl (C=O) groups excluding carboxylic acids is 2. The Morgan fingerprint density at radius 3 is 2.26 bits per heavy atom. The third kappa shape index (κ3) is 3.58. The number of rotatable bonds is 4. The van der Waals surface area contributed by atoms with Crippen LogP contribution in [0.25, 0.3) is 0 Å². The van der Waals surface area contributed by atoms with Gasteiger partial charge in [-0.1, -0.05) is 18.2 Å². The number of amides is 2. The molecular weight excluding hydrogens is 394 g/mol. The number of likely N-dealkylation sites (tertiary alicyclic amines) is 1. The summed E-state index contributed by atoms with van der Waals surface area (Å²) in [4.78, 5) is 30.3. The number of hydrogen-bond acceptors (Lipinski definition) is 5. The Hall–Kier alpha value is -3.22. The second-order valence-corrected chi connectivity index (χ2v) is 8.23. The van der Waals surface area contributed by atoms with Gasteiger partial charge in [-0.3, -0.25) is 9.59 Å². The fourth-order valence-corrected chi connectivity index (χ4v) is 4.80. The van der Waals surface area contributed by atoms with E-state index in [0.29, 0.717) is 43.0 Å². The number of hydrogen-bond donors (Lipinski definition) is 1. The van der Waals surface area contributed by atoms with E-state index >= 15 is 0 Å². The molecule has 2 heterocycles. The van der Waals surface area contributed by atoms with Crippen LogP contribution in [0.2, 0.25) is 0 Å². The molecule has 1 atom stereocenters. The highest BCUT2D eigenvalue weighted by molar-refractivity contribution is 5.97. The molecule has 2 aromatic carbocycles. The SMILES string of the molecule is COc1cc(OC)cc(C(=O)N2CCC3(CC2)C(=O)NC(C)N3c2ccccc2C)c1. The van der Waals surface area contributed by atoms with E-state index in [2.05, 4.69) is 29.3 Å². The number of para-hydroxylation sites is 1. The summed E-state index contributed by atoms with van der Waals surface area (Å²) in [6, 6.07) is 13.3. The van der Waals surface area contributed by atoms with Crippen molar-refractivity contribution in [3.05, 3.63) is 53.6 Å². The predicted molar refractivity (Wildman–Crippen MR) is 119 cm³/mol. The monoisotopic (exact) mass is 423 g/mol. The molecule has 2 aliphatic heterocycles. The van der Waals surface area contributed by atoms with E-state index in [-0.39, 0.29) is 18.0 Å². The highest BCUT2D eigenvalue weighted by Crippen LogP contribution is 2.40. The van der Waals surface area contributed by atoms with Crippen molar-refractivity contribution >= 4 is 17.5 Å². The van der Waals surface area contributed by atoms with Gasteiger partial charge < -0.3 is 24.6 Å². The third-order valence-corrected chi connectivity index (χ3v) is 6.46. The molecule has 1 unspecified atom stereocenters. The Labute approximate surface area is 182 Å². The number of anilines is 1. The highest BCUT2D eigenvalue weighted by Gasteiger charge is 2.53. The van der Waals surface area contributed by atoms with E-state index in [1.165, 1.54) is 0 Å². The molecule has 7 heteroatoms. The molecule has 1 spiro atoms. The molecular formula is C24H29N3O4. The van der Waals surface area contributed by atoms with Gasteiger partial charge in [-0.25, -0.2) is 0 Å². The van der Waals surface area contributed by atoms with Gasteiger partial charge in [0.1, 0.15) is 17.0 Å². The maximum absolute atomic E-state index is 13.2. The van der Waals surface area contributed by atoms with Crippen LogP contribution in [-0.4, -0.2) is 55.7 Å². The lowest BCUT2D eigenvalue weighted by Crippen LogP contribution is -2.58. The summed E-state index contributed by atoms with van der Waals surface area (Å²) in [6.07, 6.45) is 1.05. The number of aryl methyl sites for hydroxylation is 1. The molecule has 31 heavy (non-hydrogen) atoms. The van der Waals surface area contributed by atoms with Crippen LogP contribution in [0.15, 0.2) is 42.5 Å². The fraction of sp³-hybridized carbons (Fsp3) is 0.417. The van der Waals surface area contributed by atoms with Crippen LogP contribution in [0.5, 0.6) is 11.5 Å². The van der Waals surface area contributed by atoms with Gasteiger partial charge in [0.05, 0.1) is 20.4 Å². The molecule has 0 saturated carbocycles. The second kappa shape index (κ2) is 8.13. The Kier molecular flexibility index (Phi) is 5.52. The summed E-state index contributed by atoms with van der Waals surface area (Å²) >= 11 is 0. The highest BCUT2D eigenvalue weighted by atomic mass is 16.5. The van der Waals surface area contributed by atoms with Crippen molar-refractivity contribution in [2.45, 2.75) is 38.4 Å². The molecule has 4 rings (SSSR count). The van der Waals surface area contributed by atoms with Crippen molar-refractivity contribution < 1.29 is 19.1 Å². The smallest absolute Gasteiger partial charge is 0.254 e. The number of ether oxygens (including phenoxy) is 2. The number of nitrogens with zero attached hydrogens (tertiary/aromatic N) is 2. The lowest BCUT2D eigenvalue weighted by atomic mass is 9.85. The molecule has 7 nitrogen and oxygen atoms in total. The van der Waals surface area contributed by atoms with Crippen molar-refractivity contribution in [2.75, 3.05) is 32.2 Å². The van der Waals surface area contributed by atoms with Gasteiger partial charge in [0, 0.05) is 30.4 Å². The number of carbonyl (C=O) groups is 2. The molecule has 2 aromatic rings. The van der Waals surface area contributed by atoms with Crippen LogP contribution in [-0.2, 0) is 4.79 Å². The van der Waals surface area contributed by atoms with Gasteiger partial charge in [-0.2, -0.15) is 0 Å². The second-order valence-electron chi connectivity index (χ2n) is 8.23. The lowest BCUT2D eigenvalue weighted by molar-refractivity contribution is -0.125. The summed E-state index contributed by atoms with van der Waals surface area (Å²) in [6.45, 7) is 5.08. The molecule has 0 aromatic heterocycles. The average Bonchev–Trinajstić information content (AvgIpc) is 3.02. The normalized spacial score (nSPS) is 20.0. The lowest BCUT2D eigenvalue weighted by Gasteiger charge is -2.45. The van der Waals surface area contributed by atoms with E-state index in [0.717, 1.165) is 11.3 Å². The van der Waals surface area contributed by atoms with Gasteiger partial charge >= 0.3 is 0 Å². The van der Waals surface area contributed by atoms with Gasteiger partial charge in [-0.15, -0.1) is 0 Å². The predicted octanol–water partition coefficient (Wildman–Crippen LogP) is 2.97. The topological polar surface area (TPSA) is 71.1 Å². The first kappa shape index (κ1) is 21.0. The largest absolute Gasteiger partial charge is 0.497 e. The summed E-state index contributed by atoms with van der Waals surface area (Å²) in [5.41, 5.74) is 2.07. The van der Waals surface area contributed by atoms with Crippen molar-refractivity contribution in [3.63, 3.8) is 0 Å². The van der Waals surface area contributed by atoms with E-state index in [9.17, 15) is 9.59 Å². The quantitative estimate of drug-likeness (QED) is 0.819. The zero-order valence-electron chi connectivity index (χ0n) is 18.5. The number of benzene rings is 2. The van der Waals surface area contributed by atoms with Crippen LogP contribution < -0.4 is 19.7 Å². The number of nitrogens with one attached hydrogen (secondary N) is 1. The van der Waals surface area contributed by atoms with E-state index in [1.807, 2.05) is 24.0 Å². The van der Waals surface area contributed by atoms with Crippen molar-refractivity contribution in [1.82, 2.24) is 10.2 Å². The molecule has 2 saturated heterocycles. The molecule has 0 aliphatic carbocycles. The summed E-state index contributed by atoms with van der Waals surface area (Å²) in [5, 5.41) is 3.11. The first-order valence-corrected chi connectivity index (χ1v) is 10.6. The van der Waals surface area contributed by atoms with Crippen LogP contribution in [0.3, 0.4) is 0 Å². The minimum Gasteiger partial charge on any atom is -0.497 e. The maximum atomic E-state index is 13.2. The fourth-order valence-electron chi connectivity index (χ4n) is 4.80. The van der Waals surface area contributed by atoms with E-state index in [1.54, 1.807) is 32.4 Å². The van der Waals surface area contributed by atoms with E-state index in [4.69, 9.17) is 9.47 Å². The van der Waals surface area contributed by atoms with Crippen molar-refractivity contribution in [3.8, 4) is 11.5 Å². The molecule has 1 N–H and O–H groups in total. The minimum atomic E-state index is -0.644. The van der Waals surface area contributed by atoms with E-state index < -0.39 is 5.54 Å². The van der Waals surface area contributed by atoms with Crippen molar-refractivity contribution in [2.24, 2.45) is 0 Å². The summed E-state index contributed by atoms with van der Waals surface area (Å²) in [5.74, 6) is 1.11. The molecule has 0 radical (unpaired) electrons. The molecule has 164 valence electrons. The minimum absolute atomic E-state index is 0.0402. The Morgan fingerprint density at radius 2 is 1.68 bits per heavy atom. The first-order valence-electron chi connectivity index (χ1n) is 10.6. The van der Waals surface area contributed by atoms with Gasteiger partial charge in [0.25, 0.3) is 5.91 Å². The molecule has 2 amide bonds. The third-order valence-electron chi connectivity index (χ3n) is 6.46. The van der Waals surface area contributed by atoms with Crippen LogP contribution in [0.4, 0.5) is 5.69 Å². The first-order chi connectivity index (χ1) is 14.9. The maximum Gasteiger partial charge on any atom is 0.254 e. The Balaban J connectivity index is 1.58. The number of piperidine rings is 1. The van der Waals surface area contributed by atoms with Gasteiger partial charge in [0.15, 0.2) is 0 Å². The van der Waals surface area contributed by atoms with Crippen LogP contribution >= 0.6 is 0 Å². The summed E-state index contributed by atoms with van der Waals surface area (Å²) in [7, 11) is 3.13. The zero-order chi connectivity index (χ0) is 22.2. The molecule has 2 fully saturated rings. The zero-order valence-corrected chi connectivity index (χ0v) is 18.5. The standard InChI is InChI=1S/C24H29N3O4/c1-16-7-5-6-8-21(16)27-17(2)25-23(29)24(27)9-11-26(12-10-24)22(28)18-13-19(30-3)15-20(14-18)31-4/h5-8,13-15,17H,9-12H2,1-4H3,(H,25,29). The average molecular weight is 424 g/mol. The molecule has 0 bridgehead atoms. The van der Waals surface area contributed by atoms with Crippen LogP contribution in [0.1, 0.15) is 35.7 Å². The van der Waals surface area contributed by atoms with Gasteiger partial charge in [-0.05, 0) is 50.5 Å². The Morgan fingerprint density at radius 1 is 1.06 bits per heavy atom. The number of methoxy groups -OCH3 is 2.